The average Bonchev–Trinajstić information content (AvgIpc) is 3.31. The van der Waals surface area contributed by atoms with Gasteiger partial charge in [-0.1, -0.05) is 12.8 Å². The summed E-state index contributed by atoms with van der Waals surface area (Å²) in [5, 5.41) is 18.3. The van der Waals surface area contributed by atoms with E-state index in [9.17, 15) is 9.59 Å². The Bertz CT molecular complexity index is 766. The molecule has 0 unspecified atom stereocenters. The highest BCUT2D eigenvalue weighted by atomic mass is 16.5. The van der Waals surface area contributed by atoms with Crippen LogP contribution in [-0.4, -0.2) is 46.1 Å². The lowest BCUT2D eigenvalue weighted by molar-refractivity contribution is -0.122. The summed E-state index contributed by atoms with van der Waals surface area (Å²) in [5.41, 5.74) is 1.70. The van der Waals surface area contributed by atoms with Gasteiger partial charge in [0.05, 0.1) is 12.2 Å². The van der Waals surface area contributed by atoms with E-state index in [0.717, 1.165) is 24.1 Å². The topological polar surface area (TPSA) is 105 Å². The molecule has 27 heavy (non-hydrogen) atoms. The second-order valence-corrected chi connectivity index (χ2v) is 6.55. The summed E-state index contributed by atoms with van der Waals surface area (Å²) < 4.78 is 7.10. The van der Waals surface area contributed by atoms with E-state index in [1.165, 1.54) is 12.8 Å². The van der Waals surface area contributed by atoms with Crippen LogP contribution in [0.15, 0.2) is 36.5 Å². The SMILES string of the molecule is O=C(O)NCCOc1ccc(-c2ccn(CC(=O)NC3CCCC3)n2)cc1. The molecule has 0 radical (unpaired) electrons. The number of rotatable bonds is 8. The minimum Gasteiger partial charge on any atom is -0.492 e. The Balaban J connectivity index is 1.49. The van der Waals surface area contributed by atoms with E-state index in [1.54, 1.807) is 10.9 Å². The van der Waals surface area contributed by atoms with Crippen molar-refractivity contribution in [2.45, 2.75) is 38.3 Å². The first-order valence-corrected chi connectivity index (χ1v) is 9.13. The third-order valence-electron chi connectivity index (χ3n) is 4.46. The molecule has 8 heteroatoms. The number of amides is 2. The fourth-order valence-corrected chi connectivity index (χ4v) is 3.14. The Morgan fingerprint density at radius 3 is 2.63 bits per heavy atom. The van der Waals surface area contributed by atoms with Gasteiger partial charge in [-0.25, -0.2) is 4.79 Å². The molecule has 0 bridgehead atoms. The first kappa shape index (κ1) is 18.8. The van der Waals surface area contributed by atoms with Crippen molar-refractivity contribution in [2.24, 2.45) is 0 Å². The van der Waals surface area contributed by atoms with Crippen LogP contribution in [0.3, 0.4) is 0 Å². The van der Waals surface area contributed by atoms with Crippen molar-refractivity contribution in [3.05, 3.63) is 36.5 Å². The molecule has 3 N–H and O–H groups in total. The van der Waals surface area contributed by atoms with Crippen LogP contribution in [0.5, 0.6) is 5.75 Å². The number of carboxylic acid groups (broad SMARTS) is 1. The van der Waals surface area contributed by atoms with Crippen LogP contribution in [0.4, 0.5) is 4.79 Å². The molecule has 1 aliphatic carbocycles. The van der Waals surface area contributed by atoms with Gasteiger partial charge in [-0.15, -0.1) is 0 Å². The Morgan fingerprint density at radius 1 is 1.19 bits per heavy atom. The molecule has 1 aliphatic rings. The number of nitrogens with one attached hydrogen (secondary N) is 2. The normalized spacial score (nSPS) is 14.1. The molecular formula is C19H24N4O4. The lowest BCUT2D eigenvalue weighted by atomic mass is 10.1. The summed E-state index contributed by atoms with van der Waals surface area (Å²) in [6.07, 6.45) is 5.24. The van der Waals surface area contributed by atoms with Crippen LogP contribution in [0.1, 0.15) is 25.7 Å². The molecule has 2 amide bonds. The minimum absolute atomic E-state index is 0.00438. The molecular weight excluding hydrogens is 348 g/mol. The average molecular weight is 372 g/mol. The van der Waals surface area contributed by atoms with Crippen molar-refractivity contribution in [2.75, 3.05) is 13.2 Å². The van der Waals surface area contributed by atoms with Gasteiger partial charge in [0.15, 0.2) is 0 Å². The predicted molar refractivity (Wildman–Crippen MR) is 99.6 cm³/mol. The van der Waals surface area contributed by atoms with Gasteiger partial charge in [0.1, 0.15) is 18.9 Å². The highest BCUT2D eigenvalue weighted by Crippen LogP contribution is 2.21. The molecule has 1 heterocycles. The van der Waals surface area contributed by atoms with E-state index >= 15 is 0 Å². The summed E-state index contributed by atoms with van der Waals surface area (Å²) >= 11 is 0. The number of nitrogens with zero attached hydrogens (tertiary/aromatic N) is 2. The Hall–Kier alpha value is -3.03. The number of carbonyl (C=O) groups excluding carboxylic acids is 1. The maximum absolute atomic E-state index is 12.1. The predicted octanol–water partition coefficient (Wildman–Crippen LogP) is 2.26. The van der Waals surface area contributed by atoms with Gasteiger partial charge in [0, 0.05) is 17.8 Å². The van der Waals surface area contributed by atoms with E-state index in [-0.39, 0.29) is 25.6 Å². The van der Waals surface area contributed by atoms with Crippen molar-refractivity contribution in [1.82, 2.24) is 20.4 Å². The van der Waals surface area contributed by atoms with Crippen molar-refractivity contribution in [1.29, 1.82) is 0 Å². The minimum atomic E-state index is -1.07. The maximum atomic E-state index is 12.1. The highest BCUT2D eigenvalue weighted by Gasteiger charge is 2.17. The Labute approximate surface area is 157 Å². The monoisotopic (exact) mass is 372 g/mol. The van der Waals surface area contributed by atoms with E-state index in [4.69, 9.17) is 9.84 Å². The number of hydrogen-bond acceptors (Lipinski definition) is 4. The zero-order chi connectivity index (χ0) is 19.1. The zero-order valence-corrected chi connectivity index (χ0v) is 15.1. The molecule has 3 rings (SSSR count). The standard InChI is InChI=1S/C19H24N4O4/c24-18(21-15-3-1-2-4-15)13-23-11-9-17(22-23)14-5-7-16(8-6-14)27-12-10-20-19(25)26/h5-9,11,15,20H,1-4,10,12-13H2,(H,21,24)(H,25,26). The third kappa shape index (κ3) is 5.73. The fraction of sp³-hybridized carbons (Fsp3) is 0.421. The Morgan fingerprint density at radius 2 is 1.93 bits per heavy atom. The second kappa shape index (κ2) is 9.07. The summed E-state index contributed by atoms with van der Waals surface area (Å²) in [6, 6.07) is 9.56. The molecule has 0 aliphatic heterocycles. The molecule has 0 saturated heterocycles. The first-order valence-electron chi connectivity index (χ1n) is 9.13. The van der Waals surface area contributed by atoms with Gasteiger partial charge in [-0.3, -0.25) is 9.48 Å². The van der Waals surface area contributed by atoms with Gasteiger partial charge in [-0.05, 0) is 43.2 Å². The van der Waals surface area contributed by atoms with E-state index in [0.29, 0.717) is 11.8 Å². The zero-order valence-electron chi connectivity index (χ0n) is 15.1. The second-order valence-electron chi connectivity index (χ2n) is 6.55. The van der Waals surface area contributed by atoms with E-state index < -0.39 is 6.09 Å². The summed E-state index contributed by atoms with van der Waals surface area (Å²) in [7, 11) is 0. The molecule has 0 spiro atoms. The van der Waals surface area contributed by atoms with Crippen molar-refractivity contribution >= 4 is 12.0 Å². The molecule has 1 aromatic heterocycles. The molecule has 2 aromatic rings. The van der Waals surface area contributed by atoms with Crippen LogP contribution >= 0.6 is 0 Å². The lowest BCUT2D eigenvalue weighted by Crippen LogP contribution is -2.35. The van der Waals surface area contributed by atoms with E-state index in [1.807, 2.05) is 30.3 Å². The first-order chi connectivity index (χ1) is 13.1. The number of carbonyl (C=O) groups is 2. The summed E-state index contributed by atoms with van der Waals surface area (Å²) in [6.45, 7) is 0.703. The van der Waals surface area contributed by atoms with Gasteiger partial charge in [0.2, 0.25) is 5.91 Å². The third-order valence-corrected chi connectivity index (χ3v) is 4.46. The molecule has 1 aromatic carbocycles. The van der Waals surface area contributed by atoms with Gasteiger partial charge in [0.25, 0.3) is 0 Å². The van der Waals surface area contributed by atoms with Crippen LogP contribution in [0.2, 0.25) is 0 Å². The number of ether oxygens (including phenoxy) is 1. The largest absolute Gasteiger partial charge is 0.492 e. The van der Waals surface area contributed by atoms with Crippen molar-refractivity contribution < 1.29 is 19.4 Å². The quantitative estimate of drug-likeness (QED) is 0.617. The number of hydrogen-bond donors (Lipinski definition) is 3. The molecule has 8 nitrogen and oxygen atoms in total. The smallest absolute Gasteiger partial charge is 0.404 e. The van der Waals surface area contributed by atoms with Crippen LogP contribution in [-0.2, 0) is 11.3 Å². The maximum Gasteiger partial charge on any atom is 0.404 e. The highest BCUT2D eigenvalue weighted by molar-refractivity contribution is 5.76. The summed E-state index contributed by atoms with van der Waals surface area (Å²) in [4.78, 5) is 22.5. The Kier molecular flexibility index (Phi) is 6.30. The fourth-order valence-electron chi connectivity index (χ4n) is 3.14. The van der Waals surface area contributed by atoms with Crippen molar-refractivity contribution in [3.63, 3.8) is 0 Å². The lowest BCUT2D eigenvalue weighted by Gasteiger charge is -2.11. The van der Waals surface area contributed by atoms with Gasteiger partial charge in [-0.2, -0.15) is 5.10 Å². The molecule has 144 valence electrons. The number of benzene rings is 1. The molecule has 1 saturated carbocycles. The van der Waals surface area contributed by atoms with Crippen LogP contribution in [0.25, 0.3) is 11.3 Å². The van der Waals surface area contributed by atoms with Crippen LogP contribution < -0.4 is 15.4 Å². The van der Waals surface area contributed by atoms with E-state index in [2.05, 4.69) is 15.7 Å². The van der Waals surface area contributed by atoms with Gasteiger partial charge < -0.3 is 20.5 Å². The number of aromatic nitrogens is 2. The summed E-state index contributed by atoms with van der Waals surface area (Å²) in [5.74, 6) is 0.650. The van der Waals surface area contributed by atoms with Crippen LogP contribution in [0, 0.1) is 0 Å². The van der Waals surface area contributed by atoms with Crippen molar-refractivity contribution in [3.8, 4) is 17.0 Å². The van der Waals surface area contributed by atoms with Gasteiger partial charge >= 0.3 is 6.09 Å². The molecule has 1 fully saturated rings. The molecule has 0 atom stereocenters.